The van der Waals surface area contributed by atoms with Gasteiger partial charge in [-0.05, 0) is 6.92 Å². The molecule has 0 spiro atoms. The molecule has 0 radical (unpaired) electrons. The van der Waals surface area contributed by atoms with E-state index in [1.165, 1.54) is 6.92 Å². The molecule has 0 N–H and O–H groups in total. The number of halogens is 3. The summed E-state index contributed by atoms with van der Waals surface area (Å²) in [6.45, 7) is 1.52. The van der Waals surface area contributed by atoms with E-state index in [4.69, 9.17) is 0 Å². The zero-order valence-electron chi connectivity index (χ0n) is 9.76. The standard InChI is InChI=1S/C9H7F3O7S/c1-2-17-7(13)4-5-3-6(8(14)18-5)19-20(15,16)9(10,11)12/h3-4H,2H2,1H3/b5-4-. The molecule has 0 aromatic carbocycles. The molecule has 0 atom stereocenters. The first kappa shape index (κ1) is 16.0. The Morgan fingerprint density at radius 1 is 1.45 bits per heavy atom. The van der Waals surface area contributed by atoms with Crippen molar-refractivity contribution in [2.45, 2.75) is 12.4 Å². The zero-order valence-corrected chi connectivity index (χ0v) is 10.6. The van der Waals surface area contributed by atoms with Gasteiger partial charge >= 0.3 is 27.6 Å². The van der Waals surface area contributed by atoms with Gasteiger partial charge < -0.3 is 13.7 Å². The maximum Gasteiger partial charge on any atom is 0.534 e. The lowest BCUT2D eigenvalue weighted by Crippen LogP contribution is -2.26. The minimum atomic E-state index is -5.99. The van der Waals surface area contributed by atoms with Gasteiger partial charge in [0.2, 0.25) is 5.76 Å². The van der Waals surface area contributed by atoms with Crippen molar-refractivity contribution in [3.63, 3.8) is 0 Å². The van der Waals surface area contributed by atoms with E-state index in [0.29, 0.717) is 12.2 Å². The molecule has 1 aliphatic heterocycles. The van der Waals surface area contributed by atoms with Crippen LogP contribution in [0.25, 0.3) is 0 Å². The summed E-state index contributed by atoms with van der Waals surface area (Å²) in [7, 11) is -5.99. The van der Waals surface area contributed by atoms with Crippen molar-refractivity contribution < 1.29 is 44.8 Å². The van der Waals surface area contributed by atoms with Gasteiger partial charge in [0, 0.05) is 6.08 Å². The average molecular weight is 316 g/mol. The molecule has 0 aromatic rings. The second-order valence-electron chi connectivity index (χ2n) is 3.18. The molecule has 7 nitrogen and oxygen atoms in total. The fourth-order valence-electron chi connectivity index (χ4n) is 0.970. The van der Waals surface area contributed by atoms with E-state index in [-0.39, 0.29) is 6.61 Å². The molecule has 112 valence electrons. The number of ether oxygens (including phenoxy) is 2. The lowest BCUT2D eigenvalue weighted by Gasteiger charge is -2.07. The van der Waals surface area contributed by atoms with E-state index in [1.54, 1.807) is 0 Å². The largest absolute Gasteiger partial charge is 0.534 e. The van der Waals surface area contributed by atoms with Gasteiger partial charge in [-0.1, -0.05) is 0 Å². The number of allylic oxidation sites excluding steroid dienone is 1. The van der Waals surface area contributed by atoms with Gasteiger partial charge in [0.1, 0.15) is 5.76 Å². The lowest BCUT2D eigenvalue weighted by atomic mass is 10.4. The second-order valence-corrected chi connectivity index (χ2v) is 4.72. The number of rotatable bonds is 4. The molecule has 1 rings (SSSR count). The highest BCUT2D eigenvalue weighted by molar-refractivity contribution is 7.87. The molecule has 0 aliphatic carbocycles. The first-order chi connectivity index (χ1) is 9.06. The van der Waals surface area contributed by atoms with Crippen molar-refractivity contribution in [2.24, 2.45) is 0 Å². The average Bonchev–Trinajstić information content (AvgIpc) is 2.56. The topological polar surface area (TPSA) is 96.0 Å². The van der Waals surface area contributed by atoms with Gasteiger partial charge in [0.25, 0.3) is 0 Å². The number of hydrogen-bond donors (Lipinski definition) is 0. The van der Waals surface area contributed by atoms with Crippen LogP contribution in [0.1, 0.15) is 6.92 Å². The van der Waals surface area contributed by atoms with Crippen molar-refractivity contribution in [3.8, 4) is 0 Å². The number of alkyl halides is 3. The summed E-state index contributed by atoms with van der Waals surface area (Å²) < 4.78 is 69.8. The number of carbonyl (C=O) groups excluding carboxylic acids is 2. The van der Waals surface area contributed by atoms with Crippen LogP contribution in [0, 0.1) is 0 Å². The lowest BCUT2D eigenvalue weighted by molar-refractivity contribution is -0.137. The van der Waals surface area contributed by atoms with Gasteiger partial charge in [0.05, 0.1) is 12.7 Å². The third-order valence-corrected chi connectivity index (χ3v) is 2.68. The normalized spacial score (nSPS) is 17.7. The van der Waals surface area contributed by atoms with E-state index in [1.807, 2.05) is 0 Å². The predicted molar refractivity (Wildman–Crippen MR) is 55.0 cm³/mol. The van der Waals surface area contributed by atoms with Gasteiger partial charge in [0.15, 0.2) is 0 Å². The molecule has 0 saturated heterocycles. The van der Waals surface area contributed by atoms with Gasteiger partial charge in [-0.2, -0.15) is 21.6 Å². The summed E-state index contributed by atoms with van der Waals surface area (Å²) >= 11 is 0. The highest BCUT2D eigenvalue weighted by atomic mass is 32.2. The Morgan fingerprint density at radius 3 is 2.55 bits per heavy atom. The molecule has 20 heavy (non-hydrogen) atoms. The van der Waals surface area contributed by atoms with Crippen LogP contribution in [0.2, 0.25) is 0 Å². The molecule has 0 bridgehead atoms. The quantitative estimate of drug-likeness (QED) is 0.327. The Bertz CT molecular complexity index is 585. The number of esters is 2. The summed E-state index contributed by atoms with van der Waals surface area (Å²) in [6.07, 6.45) is 1.18. The fraction of sp³-hybridized carbons (Fsp3) is 0.333. The minimum absolute atomic E-state index is 0.0199. The predicted octanol–water partition coefficient (Wildman–Crippen LogP) is 0.740. The molecule has 0 amide bonds. The number of carbonyl (C=O) groups is 2. The Kier molecular flexibility index (Phi) is 4.43. The highest BCUT2D eigenvalue weighted by Gasteiger charge is 2.50. The van der Waals surface area contributed by atoms with Crippen LogP contribution >= 0.6 is 0 Å². The van der Waals surface area contributed by atoms with Crippen molar-refractivity contribution >= 4 is 22.1 Å². The molecule has 0 saturated carbocycles. The molecular weight excluding hydrogens is 309 g/mol. The van der Waals surface area contributed by atoms with Gasteiger partial charge in [-0.15, -0.1) is 0 Å². The van der Waals surface area contributed by atoms with Gasteiger partial charge in [-0.3, -0.25) is 0 Å². The number of cyclic esters (lactones) is 1. The highest BCUT2D eigenvalue weighted by Crippen LogP contribution is 2.29. The first-order valence-corrected chi connectivity index (χ1v) is 6.30. The Morgan fingerprint density at radius 2 is 2.05 bits per heavy atom. The second kappa shape index (κ2) is 5.53. The third-order valence-electron chi connectivity index (χ3n) is 1.71. The van der Waals surface area contributed by atoms with Crippen molar-refractivity contribution in [2.75, 3.05) is 6.61 Å². The van der Waals surface area contributed by atoms with Crippen LogP contribution in [0.15, 0.2) is 23.7 Å². The van der Waals surface area contributed by atoms with E-state index in [0.717, 1.165) is 0 Å². The summed E-state index contributed by atoms with van der Waals surface area (Å²) in [6, 6.07) is 0. The van der Waals surface area contributed by atoms with E-state index < -0.39 is 39.1 Å². The summed E-state index contributed by atoms with van der Waals surface area (Å²) in [5.74, 6) is -4.11. The molecule has 0 aromatic heterocycles. The smallest absolute Gasteiger partial charge is 0.463 e. The summed E-state index contributed by atoms with van der Waals surface area (Å²) in [5, 5.41) is 0. The summed E-state index contributed by atoms with van der Waals surface area (Å²) in [5.41, 5.74) is -5.69. The Labute approximate surface area is 110 Å². The Balaban J connectivity index is 2.93. The minimum Gasteiger partial charge on any atom is -0.463 e. The van der Waals surface area contributed by atoms with Gasteiger partial charge in [-0.25, -0.2) is 9.59 Å². The maximum absolute atomic E-state index is 12.0. The first-order valence-electron chi connectivity index (χ1n) is 4.90. The molecular formula is C9H7F3O7S. The third kappa shape index (κ3) is 3.73. The van der Waals surface area contributed by atoms with Crippen LogP contribution in [-0.2, 0) is 33.4 Å². The molecule has 11 heteroatoms. The van der Waals surface area contributed by atoms with E-state index in [9.17, 15) is 31.2 Å². The van der Waals surface area contributed by atoms with Crippen LogP contribution in [0.5, 0.6) is 0 Å². The van der Waals surface area contributed by atoms with Crippen LogP contribution in [-0.4, -0.2) is 32.5 Å². The molecule has 0 fully saturated rings. The van der Waals surface area contributed by atoms with Crippen LogP contribution in [0.3, 0.4) is 0 Å². The number of hydrogen-bond acceptors (Lipinski definition) is 7. The molecule has 1 heterocycles. The fourth-order valence-corrected chi connectivity index (χ4v) is 1.42. The van der Waals surface area contributed by atoms with E-state index >= 15 is 0 Å². The monoisotopic (exact) mass is 316 g/mol. The molecule has 0 unspecified atom stereocenters. The van der Waals surface area contributed by atoms with Crippen LogP contribution < -0.4 is 0 Å². The van der Waals surface area contributed by atoms with Crippen molar-refractivity contribution in [1.82, 2.24) is 0 Å². The van der Waals surface area contributed by atoms with Crippen LogP contribution in [0.4, 0.5) is 13.2 Å². The Hall–Kier alpha value is -2.04. The SMILES string of the molecule is CCOC(=O)/C=C1/C=C(OS(=O)(=O)C(F)(F)F)C(=O)O1. The zero-order chi connectivity index (χ0) is 15.6. The van der Waals surface area contributed by atoms with Crippen molar-refractivity contribution in [3.05, 3.63) is 23.7 Å². The van der Waals surface area contributed by atoms with E-state index in [2.05, 4.69) is 13.7 Å². The maximum atomic E-state index is 12.0. The van der Waals surface area contributed by atoms with Crippen molar-refractivity contribution in [1.29, 1.82) is 0 Å². The summed E-state index contributed by atoms with van der Waals surface area (Å²) in [4.78, 5) is 22.1. The molecule has 1 aliphatic rings.